The summed E-state index contributed by atoms with van der Waals surface area (Å²) in [6.45, 7) is 0. The van der Waals surface area contributed by atoms with Crippen LogP contribution in [0.3, 0.4) is 0 Å². The smallest absolute Gasteiger partial charge is 0.0833 e. The maximum atomic E-state index is 10.5. The van der Waals surface area contributed by atoms with Crippen molar-refractivity contribution in [1.29, 1.82) is 0 Å². The van der Waals surface area contributed by atoms with E-state index in [0.29, 0.717) is 12.3 Å². The van der Waals surface area contributed by atoms with E-state index in [1.54, 1.807) is 0 Å². The van der Waals surface area contributed by atoms with Crippen LogP contribution in [0.5, 0.6) is 0 Å². The molecule has 0 aliphatic heterocycles. The normalized spacial score (nSPS) is 16.3. The molecule has 3 rings (SSSR count). The van der Waals surface area contributed by atoms with E-state index in [1.807, 2.05) is 36.4 Å². The van der Waals surface area contributed by atoms with Gasteiger partial charge in [0.15, 0.2) is 0 Å². The molecule has 2 heteroatoms. The predicted molar refractivity (Wildman–Crippen MR) is 78.5 cm³/mol. The number of aliphatic hydroxyl groups is 1. The van der Waals surface area contributed by atoms with Crippen molar-refractivity contribution < 1.29 is 5.11 Å². The van der Waals surface area contributed by atoms with Gasteiger partial charge in [0.25, 0.3) is 0 Å². The van der Waals surface area contributed by atoms with Gasteiger partial charge in [-0.2, -0.15) is 0 Å². The first-order valence-electron chi connectivity index (χ1n) is 6.75. The molecule has 1 atom stereocenters. The SMILES string of the molecule is OC(Cc1ccc(Cl)cc1)c1ccccc1C1CC1. The third-order valence-electron chi connectivity index (χ3n) is 3.71. The van der Waals surface area contributed by atoms with Crippen LogP contribution in [0.4, 0.5) is 0 Å². The quantitative estimate of drug-likeness (QED) is 0.869. The van der Waals surface area contributed by atoms with Crippen molar-refractivity contribution in [1.82, 2.24) is 0 Å². The second-order valence-corrected chi connectivity index (χ2v) is 5.69. The molecule has 98 valence electrons. The lowest BCUT2D eigenvalue weighted by Gasteiger charge is -2.15. The van der Waals surface area contributed by atoms with Gasteiger partial charge in [0.1, 0.15) is 0 Å². The van der Waals surface area contributed by atoms with E-state index >= 15 is 0 Å². The zero-order valence-electron chi connectivity index (χ0n) is 10.7. The molecule has 1 unspecified atom stereocenters. The molecule has 0 saturated heterocycles. The second kappa shape index (κ2) is 5.36. The zero-order valence-corrected chi connectivity index (χ0v) is 11.5. The molecule has 1 aliphatic rings. The van der Waals surface area contributed by atoms with Crippen molar-refractivity contribution in [2.75, 3.05) is 0 Å². The van der Waals surface area contributed by atoms with Crippen LogP contribution in [0.25, 0.3) is 0 Å². The molecule has 2 aromatic carbocycles. The van der Waals surface area contributed by atoms with E-state index in [-0.39, 0.29) is 0 Å². The van der Waals surface area contributed by atoms with Gasteiger partial charge in [0.05, 0.1) is 6.10 Å². The molecule has 1 fully saturated rings. The highest BCUT2D eigenvalue weighted by atomic mass is 35.5. The molecule has 0 heterocycles. The zero-order chi connectivity index (χ0) is 13.2. The molecule has 0 amide bonds. The first-order chi connectivity index (χ1) is 9.24. The highest BCUT2D eigenvalue weighted by molar-refractivity contribution is 6.30. The van der Waals surface area contributed by atoms with Crippen molar-refractivity contribution in [3.05, 3.63) is 70.2 Å². The number of rotatable bonds is 4. The average Bonchev–Trinajstić information content (AvgIpc) is 3.26. The van der Waals surface area contributed by atoms with Crippen LogP contribution >= 0.6 is 11.6 Å². The molecule has 0 spiro atoms. The maximum absolute atomic E-state index is 10.5. The van der Waals surface area contributed by atoms with Crippen LogP contribution < -0.4 is 0 Å². The summed E-state index contributed by atoms with van der Waals surface area (Å²) in [5.41, 5.74) is 3.52. The van der Waals surface area contributed by atoms with E-state index in [4.69, 9.17) is 11.6 Å². The molecule has 1 aliphatic carbocycles. The molecule has 1 saturated carbocycles. The summed E-state index contributed by atoms with van der Waals surface area (Å²) in [4.78, 5) is 0. The molecule has 0 radical (unpaired) electrons. The van der Waals surface area contributed by atoms with E-state index in [2.05, 4.69) is 12.1 Å². The molecule has 2 aromatic rings. The number of aliphatic hydroxyl groups excluding tert-OH is 1. The van der Waals surface area contributed by atoms with Crippen molar-refractivity contribution in [3.63, 3.8) is 0 Å². The lowest BCUT2D eigenvalue weighted by atomic mass is 9.95. The minimum atomic E-state index is -0.432. The molecule has 19 heavy (non-hydrogen) atoms. The predicted octanol–water partition coefficient (Wildman–Crippen LogP) is 4.49. The van der Waals surface area contributed by atoms with Crippen molar-refractivity contribution in [2.24, 2.45) is 0 Å². The van der Waals surface area contributed by atoms with Gasteiger partial charge in [-0.25, -0.2) is 0 Å². The fourth-order valence-corrected chi connectivity index (χ4v) is 2.66. The second-order valence-electron chi connectivity index (χ2n) is 5.25. The topological polar surface area (TPSA) is 20.2 Å². The van der Waals surface area contributed by atoms with Crippen LogP contribution in [-0.2, 0) is 6.42 Å². The Morgan fingerprint density at radius 3 is 2.42 bits per heavy atom. The Kier molecular flexibility index (Phi) is 3.58. The van der Waals surface area contributed by atoms with Crippen LogP contribution in [-0.4, -0.2) is 5.11 Å². The fourth-order valence-electron chi connectivity index (χ4n) is 2.53. The fraction of sp³-hybridized carbons (Fsp3) is 0.294. The van der Waals surface area contributed by atoms with Gasteiger partial charge in [-0.1, -0.05) is 48.0 Å². The van der Waals surface area contributed by atoms with Gasteiger partial charge in [-0.15, -0.1) is 0 Å². The van der Waals surface area contributed by atoms with Crippen LogP contribution in [0, 0.1) is 0 Å². The third kappa shape index (κ3) is 2.99. The van der Waals surface area contributed by atoms with Crippen molar-refractivity contribution in [2.45, 2.75) is 31.3 Å². The van der Waals surface area contributed by atoms with Crippen molar-refractivity contribution >= 4 is 11.6 Å². The first-order valence-corrected chi connectivity index (χ1v) is 7.13. The van der Waals surface area contributed by atoms with Crippen LogP contribution in [0.1, 0.15) is 41.6 Å². The van der Waals surface area contributed by atoms with E-state index in [1.165, 1.54) is 18.4 Å². The van der Waals surface area contributed by atoms with Gasteiger partial charge in [-0.05, 0) is 47.6 Å². The van der Waals surface area contributed by atoms with Crippen LogP contribution in [0.2, 0.25) is 5.02 Å². The lowest BCUT2D eigenvalue weighted by molar-refractivity contribution is 0.177. The Morgan fingerprint density at radius 1 is 1.05 bits per heavy atom. The summed E-state index contributed by atoms with van der Waals surface area (Å²) in [5.74, 6) is 0.663. The van der Waals surface area contributed by atoms with Crippen molar-refractivity contribution in [3.8, 4) is 0 Å². The van der Waals surface area contributed by atoms with Gasteiger partial charge < -0.3 is 5.11 Å². The Bertz CT molecular complexity index is 558. The molecule has 1 nitrogen and oxygen atoms in total. The molecule has 1 N–H and O–H groups in total. The summed E-state index contributed by atoms with van der Waals surface area (Å²) < 4.78 is 0. The maximum Gasteiger partial charge on any atom is 0.0833 e. The third-order valence-corrected chi connectivity index (χ3v) is 3.97. The summed E-state index contributed by atoms with van der Waals surface area (Å²) in [6.07, 6.45) is 2.72. The minimum Gasteiger partial charge on any atom is -0.388 e. The summed E-state index contributed by atoms with van der Waals surface area (Å²) >= 11 is 5.88. The number of hydrogen-bond donors (Lipinski definition) is 1. The van der Waals surface area contributed by atoms with Gasteiger partial charge in [-0.3, -0.25) is 0 Å². The molecule has 0 bridgehead atoms. The highest BCUT2D eigenvalue weighted by Gasteiger charge is 2.27. The number of benzene rings is 2. The molecule has 0 aromatic heterocycles. The van der Waals surface area contributed by atoms with Crippen LogP contribution in [0.15, 0.2) is 48.5 Å². The highest BCUT2D eigenvalue weighted by Crippen LogP contribution is 2.43. The van der Waals surface area contributed by atoms with Gasteiger partial charge >= 0.3 is 0 Å². The Balaban J connectivity index is 1.80. The van der Waals surface area contributed by atoms with E-state index in [9.17, 15) is 5.11 Å². The average molecular weight is 273 g/mol. The first kappa shape index (κ1) is 12.7. The Labute approximate surface area is 118 Å². The van der Waals surface area contributed by atoms with E-state index in [0.717, 1.165) is 16.1 Å². The summed E-state index contributed by atoms with van der Waals surface area (Å²) in [5, 5.41) is 11.2. The Hall–Kier alpha value is -1.31. The largest absolute Gasteiger partial charge is 0.388 e. The lowest BCUT2D eigenvalue weighted by Crippen LogP contribution is -2.04. The number of hydrogen-bond acceptors (Lipinski definition) is 1. The summed E-state index contributed by atoms with van der Waals surface area (Å²) in [6, 6.07) is 16.0. The monoisotopic (exact) mass is 272 g/mol. The van der Waals surface area contributed by atoms with Gasteiger partial charge in [0, 0.05) is 11.4 Å². The van der Waals surface area contributed by atoms with Gasteiger partial charge in [0.2, 0.25) is 0 Å². The standard InChI is InChI=1S/C17H17ClO/c18-14-9-5-12(6-10-14)11-17(19)16-4-2-1-3-15(16)13-7-8-13/h1-6,9-10,13,17,19H,7-8,11H2. The minimum absolute atomic E-state index is 0.432. The number of halogens is 1. The molecular formula is C17H17ClO. The summed E-state index contributed by atoms with van der Waals surface area (Å²) in [7, 11) is 0. The Morgan fingerprint density at radius 2 is 1.74 bits per heavy atom. The van der Waals surface area contributed by atoms with E-state index < -0.39 is 6.10 Å². The molecular weight excluding hydrogens is 256 g/mol.